The van der Waals surface area contributed by atoms with E-state index in [0.29, 0.717) is 5.95 Å². The molecule has 3 heterocycles. The van der Waals surface area contributed by atoms with Crippen LogP contribution in [0.1, 0.15) is 24.6 Å². The number of rotatable bonds is 2. The third-order valence-corrected chi connectivity index (χ3v) is 4.91. The summed E-state index contributed by atoms with van der Waals surface area (Å²) in [5.74, 6) is 1.29. The summed E-state index contributed by atoms with van der Waals surface area (Å²) in [6.07, 6.45) is 2.17. The number of thiophene rings is 1. The summed E-state index contributed by atoms with van der Waals surface area (Å²) >= 11 is 1.66. The molecular formula is C14H20N4OS. The van der Waals surface area contributed by atoms with Gasteiger partial charge < -0.3 is 15.4 Å². The molecule has 2 aromatic heterocycles. The number of methoxy groups -OCH3 is 1. The molecule has 1 fully saturated rings. The Balaban J connectivity index is 2.05. The quantitative estimate of drug-likeness (QED) is 0.921. The van der Waals surface area contributed by atoms with Crippen molar-refractivity contribution in [1.29, 1.82) is 0 Å². The van der Waals surface area contributed by atoms with E-state index in [9.17, 15) is 0 Å². The molecule has 2 aromatic rings. The average molecular weight is 292 g/mol. The fourth-order valence-electron chi connectivity index (χ4n) is 2.84. The third kappa shape index (κ3) is 2.33. The van der Waals surface area contributed by atoms with Crippen molar-refractivity contribution in [2.45, 2.75) is 32.3 Å². The van der Waals surface area contributed by atoms with Gasteiger partial charge in [-0.1, -0.05) is 0 Å². The molecule has 1 saturated heterocycles. The van der Waals surface area contributed by atoms with Gasteiger partial charge in [0.05, 0.1) is 11.0 Å². The van der Waals surface area contributed by atoms with Crippen LogP contribution >= 0.6 is 11.3 Å². The Kier molecular flexibility index (Phi) is 3.30. The molecule has 1 atom stereocenters. The number of piperidine rings is 1. The van der Waals surface area contributed by atoms with Gasteiger partial charge in [-0.05, 0) is 32.8 Å². The van der Waals surface area contributed by atoms with Crippen molar-refractivity contribution in [3.8, 4) is 0 Å². The van der Waals surface area contributed by atoms with E-state index in [-0.39, 0.29) is 5.60 Å². The van der Waals surface area contributed by atoms with Crippen molar-refractivity contribution in [3.05, 3.63) is 10.9 Å². The first-order valence-electron chi connectivity index (χ1n) is 6.84. The van der Waals surface area contributed by atoms with Gasteiger partial charge >= 0.3 is 0 Å². The minimum Gasteiger partial charge on any atom is -0.377 e. The molecule has 0 spiro atoms. The standard InChI is InChI=1S/C14H20N4OS/c1-9-7-10-11(16-13(15)17-12(10)20-9)18-6-4-5-14(2,8-18)19-3/h7H,4-6,8H2,1-3H3,(H2,15,16,17). The number of fused-ring (bicyclic) bond motifs is 1. The van der Waals surface area contributed by atoms with Gasteiger partial charge in [0.15, 0.2) is 0 Å². The fourth-order valence-corrected chi connectivity index (χ4v) is 3.72. The Morgan fingerprint density at radius 3 is 3.00 bits per heavy atom. The lowest BCUT2D eigenvalue weighted by atomic mass is 9.94. The summed E-state index contributed by atoms with van der Waals surface area (Å²) in [6.45, 7) is 6.06. The molecular weight excluding hydrogens is 272 g/mol. The lowest BCUT2D eigenvalue weighted by molar-refractivity contribution is -0.00475. The second-order valence-electron chi connectivity index (χ2n) is 5.66. The first kappa shape index (κ1) is 13.6. The van der Waals surface area contributed by atoms with Crippen molar-refractivity contribution in [2.24, 2.45) is 0 Å². The van der Waals surface area contributed by atoms with Crippen molar-refractivity contribution in [1.82, 2.24) is 9.97 Å². The Morgan fingerprint density at radius 2 is 2.25 bits per heavy atom. The topological polar surface area (TPSA) is 64.3 Å². The third-order valence-electron chi connectivity index (χ3n) is 3.96. The number of hydrogen-bond acceptors (Lipinski definition) is 6. The summed E-state index contributed by atoms with van der Waals surface area (Å²) in [5, 5.41) is 1.10. The number of nitrogen functional groups attached to an aromatic ring is 1. The zero-order valence-corrected chi connectivity index (χ0v) is 13.0. The lowest BCUT2D eigenvalue weighted by Gasteiger charge is -2.40. The maximum Gasteiger partial charge on any atom is 0.223 e. The molecule has 0 saturated carbocycles. The smallest absolute Gasteiger partial charge is 0.223 e. The summed E-state index contributed by atoms with van der Waals surface area (Å²) in [6, 6.07) is 2.15. The minimum atomic E-state index is -0.116. The highest BCUT2D eigenvalue weighted by atomic mass is 32.1. The molecule has 0 aromatic carbocycles. The normalized spacial score (nSPS) is 23.4. The van der Waals surface area contributed by atoms with Crippen LogP contribution in [0.5, 0.6) is 0 Å². The minimum absolute atomic E-state index is 0.116. The van der Waals surface area contributed by atoms with Crippen LogP contribution in [0.2, 0.25) is 0 Å². The summed E-state index contributed by atoms with van der Waals surface area (Å²) in [4.78, 5) is 13.3. The molecule has 0 aliphatic carbocycles. The van der Waals surface area contributed by atoms with Gasteiger partial charge in [-0.15, -0.1) is 11.3 Å². The zero-order chi connectivity index (χ0) is 14.3. The largest absolute Gasteiger partial charge is 0.377 e. The Bertz CT molecular complexity index is 641. The summed E-state index contributed by atoms with van der Waals surface area (Å²) in [5.41, 5.74) is 5.75. The predicted molar refractivity (Wildman–Crippen MR) is 83.4 cm³/mol. The monoisotopic (exact) mass is 292 g/mol. The van der Waals surface area contributed by atoms with E-state index in [1.54, 1.807) is 18.4 Å². The van der Waals surface area contributed by atoms with E-state index in [4.69, 9.17) is 10.5 Å². The highest BCUT2D eigenvalue weighted by molar-refractivity contribution is 7.18. The van der Waals surface area contributed by atoms with E-state index in [1.165, 1.54) is 4.88 Å². The van der Waals surface area contributed by atoms with E-state index in [1.807, 2.05) is 0 Å². The second kappa shape index (κ2) is 4.86. The number of aryl methyl sites for hydroxylation is 1. The average Bonchev–Trinajstić information content (AvgIpc) is 2.78. The molecule has 3 rings (SSSR count). The molecule has 0 radical (unpaired) electrons. The molecule has 108 valence electrons. The molecule has 5 nitrogen and oxygen atoms in total. The van der Waals surface area contributed by atoms with Crippen LogP contribution in [0.25, 0.3) is 10.2 Å². The number of ether oxygens (including phenoxy) is 1. The van der Waals surface area contributed by atoms with E-state index < -0.39 is 0 Å². The molecule has 1 aliphatic rings. The van der Waals surface area contributed by atoms with E-state index in [2.05, 4.69) is 34.8 Å². The number of nitrogens with two attached hydrogens (primary N) is 1. The maximum absolute atomic E-state index is 5.87. The highest BCUT2D eigenvalue weighted by Gasteiger charge is 2.32. The van der Waals surface area contributed by atoms with Crippen LogP contribution < -0.4 is 10.6 Å². The zero-order valence-electron chi connectivity index (χ0n) is 12.1. The van der Waals surface area contributed by atoms with Gasteiger partial charge in [0, 0.05) is 25.1 Å². The van der Waals surface area contributed by atoms with Gasteiger partial charge in [0.1, 0.15) is 10.6 Å². The maximum atomic E-state index is 5.87. The SMILES string of the molecule is COC1(C)CCCN(c2nc(N)nc3sc(C)cc23)C1. The van der Waals surface area contributed by atoms with Crippen molar-refractivity contribution in [3.63, 3.8) is 0 Å². The molecule has 1 unspecified atom stereocenters. The van der Waals surface area contributed by atoms with Gasteiger partial charge in [-0.25, -0.2) is 4.98 Å². The molecule has 20 heavy (non-hydrogen) atoms. The molecule has 0 bridgehead atoms. The van der Waals surface area contributed by atoms with Crippen molar-refractivity contribution >= 4 is 33.3 Å². The van der Waals surface area contributed by atoms with Crippen LogP contribution in [0, 0.1) is 6.92 Å². The Hall–Kier alpha value is -1.40. The molecule has 1 aliphatic heterocycles. The Labute approximate surface area is 122 Å². The first-order valence-corrected chi connectivity index (χ1v) is 7.66. The number of nitrogens with zero attached hydrogens (tertiary/aromatic N) is 3. The van der Waals surface area contributed by atoms with E-state index >= 15 is 0 Å². The van der Waals surface area contributed by atoms with Gasteiger partial charge in [-0.3, -0.25) is 0 Å². The fraction of sp³-hybridized carbons (Fsp3) is 0.571. The van der Waals surface area contributed by atoms with Crippen LogP contribution in [0.4, 0.5) is 11.8 Å². The van der Waals surface area contributed by atoms with Crippen molar-refractivity contribution in [2.75, 3.05) is 30.8 Å². The van der Waals surface area contributed by atoms with Gasteiger partial charge in [-0.2, -0.15) is 4.98 Å². The molecule has 6 heteroatoms. The predicted octanol–water partition coefficient (Wildman–Crippen LogP) is 2.59. The summed E-state index contributed by atoms with van der Waals surface area (Å²) in [7, 11) is 1.78. The van der Waals surface area contributed by atoms with Crippen LogP contribution in [-0.2, 0) is 4.74 Å². The van der Waals surface area contributed by atoms with Crippen molar-refractivity contribution < 1.29 is 4.74 Å². The van der Waals surface area contributed by atoms with Gasteiger partial charge in [0.25, 0.3) is 0 Å². The number of anilines is 2. The molecule has 0 amide bonds. The van der Waals surface area contributed by atoms with Crippen LogP contribution in [0.15, 0.2) is 6.07 Å². The van der Waals surface area contributed by atoms with Gasteiger partial charge in [0.2, 0.25) is 5.95 Å². The second-order valence-corrected chi connectivity index (χ2v) is 6.90. The van der Waals surface area contributed by atoms with E-state index in [0.717, 1.165) is 42.0 Å². The van der Waals surface area contributed by atoms with Crippen LogP contribution in [-0.4, -0.2) is 35.8 Å². The molecule has 2 N–H and O–H groups in total. The Morgan fingerprint density at radius 1 is 1.45 bits per heavy atom. The number of hydrogen-bond donors (Lipinski definition) is 1. The first-order chi connectivity index (χ1) is 9.50. The van der Waals surface area contributed by atoms with Crippen LogP contribution in [0.3, 0.4) is 0 Å². The number of aromatic nitrogens is 2. The lowest BCUT2D eigenvalue weighted by Crippen LogP contribution is -2.47. The highest BCUT2D eigenvalue weighted by Crippen LogP contribution is 2.34. The summed E-state index contributed by atoms with van der Waals surface area (Å²) < 4.78 is 5.66.